The van der Waals surface area contributed by atoms with Gasteiger partial charge in [-0.15, -0.1) is 0 Å². The molecule has 2 saturated heterocycles. The lowest BCUT2D eigenvalue weighted by atomic mass is 9.74. The van der Waals surface area contributed by atoms with Gasteiger partial charge in [0.15, 0.2) is 6.29 Å². The maximum atomic E-state index is 6.27. The lowest BCUT2D eigenvalue weighted by Crippen LogP contribution is -3.11. The lowest BCUT2D eigenvalue weighted by Gasteiger charge is -2.36. The van der Waals surface area contributed by atoms with Crippen LogP contribution in [0.15, 0.2) is 11.6 Å². The molecule has 0 bridgehead atoms. The highest BCUT2D eigenvalue weighted by molar-refractivity contribution is 5.09. The zero-order valence-electron chi connectivity index (χ0n) is 13.2. The number of quaternary nitrogens is 1. The van der Waals surface area contributed by atoms with Crippen molar-refractivity contribution in [1.82, 2.24) is 0 Å². The van der Waals surface area contributed by atoms with Gasteiger partial charge in [0.05, 0.1) is 19.7 Å². The Morgan fingerprint density at radius 2 is 2.00 bits per heavy atom. The van der Waals surface area contributed by atoms with Crippen molar-refractivity contribution in [3.8, 4) is 0 Å². The van der Waals surface area contributed by atoms with E-state index >= 15 is 0 Å². The van der Waals surface area contributed by atoms with Crippen LogP contribution >= 0.6 is 0 Å². The monoisotopic (exact) mass is 280 g/mol. The molecule has 0 saturated carbocycles. The van der Waals surface area contributed by atoms with E-state index < -0.39 is 0 Å². The van der Waals surface area contributed by atoms with Crippen LogP contribution in [0.2, 0.25) is 0 Å². The SMILES string of the molecule is CC1=C[C@H](C)[C@H]([C@@H]2OC[C@H](C[NH+]3CCCC3)O2)[C@H](C)C1. The fourth-order valence-corrected chi connectivity index (χ4v) is 4.49. The molecule has 0 aromatic heterocycles. The summed E-state index contributed by atoms with van der Waals surface area (Å²) < 4.78 is 12.3. The zero-order valence-corrected chi connectivity index (χ0v) is 13.2. The van der Waals surface area contributed by atoms with E-state index in [-0.39, 0.29) is 6.29 Å². The van der Waals surface area contributed by atoms with Crippen molar-refractivity contribution in [3.05, 3.63) is 11.6 Å². The van der Waals surface area contributed by atoms with Gasteiger partial charge in [-0.25, -0.2) is 0 Å². The standard InChI is InChI=1S/C17H29NO2/c1-12-8-13(2)16(14(3)9-12)17-19-11-15(20-17)10-18-6-4-5-7-18/h8,13-17H,4-7,9-11H2,1-3H3/p+1/t13-,14+,15-,16-,17+/m0/s1. The average Bonchev–Trinajstić information content (AvgIpc) is 3.00. The second-order valence-electron chi connectivity index (χ2n) is 7.25. The molecule has 5 atom stereocenters. The highest BCUT2D eigenvalue weighted by Gasteiger charge is 2.40. The van der Waals surface area contributed by atoms with Crippen molar-refractivity contribution in [1.29, 1.82) is 0 Å². The lowest BCUT2D eigenvalue weighted by molar-refractivity contribution is -0.890. The van der Waals surface area contributed by atoms with Crippen LogP contribution in [0, 0.1) is 17.8 Å². The van der Waals surface area contributed by atoms with E-state index in [1.807, 2.05) is 0 Å². The Labute approximate surface area is 123 Å². The number of rotatable bonds is 3. The normalized spacial score (nSPS) is 43.0. The third-order valence-electron chi connectivity index (χ3n) is 5.37. The van der Waals surface area contributed by atoms with Crippen LogP contribution in [-0.2, 0) is 9.47 Å². The fraction of sp³-hybridized carbons (Fsp3) is 0.882. The highest BCUT2D eigenvalue weighted by Crippen LogP contribution is 2.38. The summed E-state index contributed by atoms with van der Waals surface area (Å²) in [7, 11) is 0. The van der Waals surface area contributed by atoms with Crippen LogP contribution in [0.5, 0.6) is 0 Å². The summed E-state index contributed by atoms with van der Waals surface area (Å²) in [5.41, 5.74) is 1.53. The molecule has 2 fully saturated rings. The molecule has 0 spiro atoms. The maximum absolute atomic E-state index is 6.27. The molecular weight excluding hydrogens is 250 g/mol. The van der Waals surface area contributed by atoms with Gasteiger partial charge in [0.1, 0.15) is 12.6 Å². The van der Waals surface area contributed by atoms with E-state index in [2.05, 4.69) is 26.8 Å². The van der Waals surface area contributed by atoms with Gasteiger partial charge < -0.3 is 14.4 Å². The van der Waals surface area contributed by atoms with Crippen molar-refractivity contribution < 1.29 is 14.4 Å². The molecular formula is C17H30NO2+. The summed E-state index contributed by atoms with van der Waals surface area (Å²) in [6, 6.07) is 0. The molecule has 0 radical (unpaired) electrons. The predicted octanol–water partition coefficient (Wildman–Crippen LogP) is 1.64. The Morgan fingerprint density at radius 3 is 2.70 bits per heavy atom. The van der Waals surface area contributed by atoms with Crippen LogP contribution in [0.3, 0.4) is 0 Å². The predicted molar refractivity (Wildman–Crippen MR) is 79.6 cm³/mol. The first kappa shape index (κ1) is 14.6. The topological polar surface area (TPSA) is 22.9 Å². The first-order chi connectivity index (χ1) is 9.63. The van der Waals surface area contributed by atoms with Gasteiger partial charge in [0, 0.05) is 18.8 Å². The van der Waals surface area contributed by atoms with E-state index in [0.717, 1.165) is 13.2 Å². The van der Waals surface area contributed by atoms with Crippen molar-refractivity contribution in [2.45, 2.75) is 52.4 Å². The minimum absolute atomic E-state index is 0.0244. The molecule has 0 amide bonds. The number of ether oxygens (including phenoxy) is 2. The molecule has 1 aliphatic carbocycles. The molecule has 3 nitrogen and oxygen atoms in total. The van der Waals surface area contributed by atoms with Crippen LogP contribution < -0.4 is 4.90 Å². The molecule has 3 rings (SSSR count). The highest BCUT2D eigenvalue weighted by atomic mass is 16.7. The quantitative estimate of drug-likeness (QED) is 0.794. The van der Waals surface area contributed by atoms with Gasteiger partial charge in [-0.2, -0.15) is 0 Å². The van der Waals surface area contributed by atoms with Gasteiger partial charge in [0.2, 0.25) is 0 Å². The molecule has 0 aromatic rings. The summed E-state index contributed by atoms with van der Waals surface area (Å²) in [5, 5.41) is 0. The molecule has 0 aromatic carbocycles. The second kappa shape index (κ2) is 6.17. The van der Waals surface area contributed by atoms with Crippen molar-refractivity contribution in [3.63, 3.8) is 0 Å². The molecule has 3 aliphatic rings. The third-order valence-corrected chi connectivity index (χ3v) is 5.37. The van der Waals surface area contributed by atoms with Crippen LogP contribution in [0.1, 0.15) is 40.0 Å². The summed E-state index contributed by atoms with van der Waals surface area (Å²) >= 11 is 0. The maximum Gasteiger partial charge on any atom is 0.162 e. The summed E-state index contributed by atoms with van der Waals surface area (Å²) in [6.07, 6.45) is 6.72. The second-order valence-corrected chi connectivity index (χ2v) is 7.25. The van der Waals surface area contributed by atoms with E-state index in [9.17, 15) is 0 Å². The van der Waals surface area contributed by atoms with Gasteiger partial charge in [-0.1, -0.05) is 25.5 Å². The minimum atomic E-state index is 0.0244. The van der Waals surface area contributed by atoms with E-state index in [0.29, 0.717) is 23.9 Å². The summed E-state index contributed by atoms with van der Waals surface area (Å²) in [6.45, 7) is 11.5. The molecule has 114 valence electrons. The molecule has 2 heterocycles. The fourth-order valence-electron chi connectivity index (χ4n) is 4.49. The third kappa shape index (κ3) is 3.10. The molecule has 20 heavy (non-hydrogen) atoms. The number of likely N-dealkylation sites (tertiary alicyclic amines) is 1. The number of hydrogen-bond acceptors (Lipinski definition) is 2. The first-order valence-electron chi connectivity index (χ1n) is 8.41. The zero-order chi connectivity index (χ0) is 14.1. The average molecular weight is 280 g/mol. The Morgan fingerprint density at radius 1 is 1.25 bits per heavy atom. The summed E-state index contributed by atoms with van der Waals surface area (Å²) in [5.74, 6) is 1.76. The molecule has 3 heteroatoms. The van der Waals surface area contributed by atoms with Crippen LogP contribution in [-0.4, -0.2) is 38.6 Å². The molecule has 0 unspecified atom stereocenters. The Bertz CT molecular complexity index is 362. The Kier molecular flexibility index (Phi) is 4.49. The van der Waals surface area contributed by atoms with Crippen molar-refractivity contribution in [2.75, 3.05) is 26.2 Å². The summed E-state index contributed by atoms with van der Waals surface area (Å²) in [4.78, 5) is 1.71. The van der Waals surface area contributed by atoms with Crippen LogP contribution in [0.4, 0.5) is 0 Å². The molecule has 1 N–H and O–H groups in total. The van der Waals surface area contributed by atoms with E-state index in [1.54, 1.807) is 4.90 Å². The van der Waals surface area contributed by atoms with Gasteiger partial charge in [-0.05, 0) is 25.2 Å². The van der Waals surface area contributed by atoms with Gasteiger partial charge in [-0.3, -0.25) is 0 Å². The smallest absolute Gasteiger partial charge is 0.162 e. The first-order valence-corrected chi connectivity index (χ1v) is 8.41. The van der Waals surface area contributed by atoms with Gasteiger partial charge >= 0.3 is 0 Å². The van der Waals surface area contributed by atoms with Crippen LogP contribution in [0.25, 0.3) is 0 Å². The van der Waals surface area contributed by atoms with Crippen molar-refractivity contribution in [2.24, 2.45) is 17.8 Å². The van der Waals surface area contributed by atoms with Gasteiger partial charge in [0.25, 0.3) is 0 Å². The largest absolute Gasteiger partial charge is 0.349 e. The Hall–Kier alpha value is -0.380. The number of hydrogen-bond donors (Lipinski definition) is 1. The minimum Gasteiger partial charge on any atom is -0.349 e. The molecule has 2 aliphatic heterocycles. The number of allylic oxidation sites excluding steroid dienone is 2. The van der Waals surface area contributed by atoms with Crippen molar-refractivity contribution >= 4 is 0 Å². The van der Waals surface area contributed by atoms with E-state index in [1.165, 1.54) is 37.9 Å². The number of nitrogens with one attached hydrogen (secondary N) is 1. The van der Waals surface area contributed by atoms with E-state index in [4.69, 9.17) is 9.47 Å². The Balaban J connectivity index is 1.56.